The van der Waals surface area contributed by atoms with Crippen LogP contribution in [0.25, 0.3) is 11.1 Å². The van der Waals surface area contributed by atoms with E-state index in [-0.39, 0.29) is 29.4 Å². The van der Waals surface area contributed by atoms with Gasteiger partial charge in [-0.1, -0.05) is 89.1 Å². The van der Waals surface area contributed by atoms with Crippen LogP contribution < -0.4 is 11.1 Å². The Morgan fingerprint density at radius 1 is 1.02 bits per heavy atom. The van der Waals surface area contributed by atoms with Crippen molar-refractivity contribution in [3.05, 3.63) is 40.9 Å². The second kappa shape index (κ2) is 16.3. The molecular weight excluding hydrogens is 652 g/mol. The Morgan fingerprint density at radius 2 is 1.64 bits per heavy atom. The number of carbonyl (C=O) groups is 2. The molecule has 1 unspecified atom stereocenters. The first kappa shape index (κ1) is 37.8. The molecule has 0 spiro atoms. The summed E-state index contributed by atoms with van der Waals surface area (Å²) in [5.41, 5.74) is 8.86. The molecule has 11 nitrogen and oxygen atoms in total. The number of halogens is 1. The summed E-state index contributed by atoms with van der Waals surface area (Å²) >= 11 is 0. The molecule has 0 radical (unpaired) electrons. The lowest BCUT2D eigenvalue weighted by Crippen LogP contribution is -2.39. The van der Waals surface area contributed by atoms with E-state index in [0.717, 1.165) is 63.1 Å². The minimum atomic E-state index is -1.23. The first-order chi connectivity index (χ1) is 23.8. The number of amides is 2. The summed E-state index contributed by atoms with van der Waals surface area (Å²) in [6.45, 7) is 15.4. The number of anilines is 1. The zero-order chi connectivity index (χ0) is 36.2. The number of aromatic nitrogens is 6. The minimum Gasteiger partial charge on any atom is -0.364 e. The maximum atomic E-state index is 15.9. The lowest BCUT2D eigenvalue weighted by Gasteiger charge is -2.41. The molecule has 3 heterocycles. The highest BCUT2D eigenvalue weighted by Crippen LogP contribution is 2.47. The van der Waals surface area contributed by atoms with Crippen molar-refractivity contribution in [2.45, 2.75) is 136 Å². The second-order valence-electron chi connectivity index (χ2n) is 16.0. The maximum absolute atomic E-state index is 15.9. The number of primary amides is 1. The van der Waals surface area contributed by atoms with Gasteiger partial charge in [0.25, 0.3) is 5.91 Å². The van der Waals surface area contributed by atoms with Gasteiger partial charge in [-0.2, -0.15) is 9.49 Å². The van der Waals surface area contributed by atoms with E-state index in [4.69, 9.17) is 10.5 Å². The first-order valence-corrected chi connectivity index (χ1v) is 22.3. The molecule has 3 aromatic heterocycles. The highest BCUT2D eigenvalue weighted by molar-refractivity contribution is 6.76. The Bertz CT molecular complexity index is 1620. The maximum Gasteiger partial charge on any atom is 0.268 e. The van der Waals surface area contributed by atoms with E-state index >= 15 is 4.39 Å². The number of pyridine rings is 1. The van der Waals surface area contributed by atoms with E-state index in [1.54, 1.807) is 16.8 Å². The van der Waals surface area contributed by atoms with Crippen LogP contribution in [0.4, 0.5) is 10.2 Å². The quantitative estimate of drug-likeness (QED) is 0.0989. The van der Waals surface area contributed by atoms with Gasteiger partial charge < -0.3 is 15.8 Å². The van der Waals surface area contributed by atoms with Crippen molar-refractivity contribution >= 4 is 25.7 Å². The van der Waals surface area contributed by atoms with Gasteiger partial charge in [0.2, 0.25) is 11.9 Å². The fraction of sp³-hybridized carbons (Fsp3) is 0.676. The number of nitrogens with two attached hydrogens (primary N) is 1. The van der Waals surface area contributed by atoms with Gasteiger partial charge in [0.1, 0.15) is 18.2 Å². The molecule has 3 N–H and O–H groups in total. The van der Waals surface area contributed by atoms with Gasteiger partial charge in [-0.15, -0.1) is 5.10 Å². The molecule has 50 heavy (non-hydrogen) atoms. The summed E-state index contributed by atoms with van der Waals surface area (Å²) in [5, 5.41) is 16.4. The van der Waals surface area contributed by atoms with E-state index in [0.29, 0.717) is 47.7 Å². The van der Waals surface area contributed by atoms with Crippen LogP contribution in [-0.4, -0.2) is 56.3 Å². The van der Waals surface area contributed by atoms with E-state index in [2.05, 4.69) is 45.4 Å². The predicted molar refractivity (Wildman–Crippen MR) is 196 cm³/mol. The molecule has 0 bridgehead atoms. The molecule has 2 amide bonds. The van der Waals surface area contributed by atoms with Gasteiger partial charge in [-0.3, -0.25) is 9.59 Å². The summed E-state index contributed by atoms with van der Waals surface area (Å²) in [5.74, 6) is -1.89. The molecule has 0 saturated heterocycles. The van der Waals surface area contributed by atoms with Gasteiger partial charge >= 0.3 is 0 Å². The number of rotatable bonds is 14. The highest BCUT2D eigenvalue weighted by atomic mass is 28.3. The average molecular weight is 709 g/mol. The number of aryl methyl sites for hydroxylation is 1. The Morgan fingerprint density at radius 3 is 2.18 bits per heavy atom. The van der Waals surface area contributed by atoms with Gasteiger partial charge in [0.05, 0.1) is 11.6 Å². The highest BCUT2D eigenvalue weighted by Gasteiger charge is 2.44. The molecule has 1 atom stereocenters. The van der Waals surface area contributed by atoms with Crippen molar-refractivity contribution in [2.75, 3.05) is 11.9 Å². The lowest BCUT2D eigenvalue weighted by molar-refractivity contribution is -0.120. The van der Waals surface area contributed by atoms with Crippen LogP contribution in [0.15, 0.2) is 12.1 Å². The van der Waals surface area contributed by atoms with Gasteiger partial charge in [-0.25, -0.2) is 14.3 Å². The lowest BCUT2D eigenvalue weighted by atomic mass is 9.63. The second-order valence-corrected chi connectivity index (χ2v) is 21.6. The summed E-state index contributed by atoms with van der Waals surface area (Å²) in [4.78, 5) is 31.8. The number of nitrogens with one attached hydrogen (secondary N) is 1. The molecule has 2 aliphatic rings. The van der Waals surface area contributed by atoms with E-state index < -0.39 is 25.8 Å². The molecule has 3 aromatic rings. The van der Waals surface area contributed by atoms with Gasteiger partial charge in [0.15, 0.2) is 5.69 Å². The normalized spacial score (nSPS) is 17.1. The predicted octanol–water partition coefficient (Wildman–Crippen LogP) is 7.78. The Labute approximate surface area is 297 Å². The van der Waals surface area contributed by atoms with Crippen LogP contribution in [-0.2, 0) is 16.3 Å². The van der Waals surface area contributed by atoms with Gasteiger partial charge in [-0.05, 0) is 63.6 Å². The largest absolute Gasteiger partial charge is 0.364 e. The van der Waals surface area contributed by atoms with Crippen molar-refractivity contribution in [3.63, 3.8) is 0 Å². The van der Waals surface area contributed by atoms with Crippen LogP contribution in [0.2, 0.25) is 25.7 Å². The standard InChI is InChI=1S/C37H57FN8O3Si/c1-23(2)46-34(36(39)47)33(42-44-46)32(31(26-14-10-8-11-15-26)27-16-12-9-13-17-27)37(48)41-29-19-18-28(35(38)40-29)30-24(3)43-45(25(30)4)22-49-20-21-50(5,6)7/h18-19,23,26-27,31-32H,8-17,20-22H2,1-7H3,(H2,39,47)(H,40,41,48). The van der Waals surface area contributed by atoms with Crippen molar-refractivity contribution in [1.82, 2.24) is 29.8 Å². The number of nitrogens with zero attached hydrogens (tertiary/aromatic N) is 6. The molecule has 0 aromatic carbocycles. The van der Waals surface area contributed by atoms with Crippen LogP contribution in [0.5, 0.6) is 0 Å². The van der Waals surface area contributed by atoms with Gasteiger partial charge in [0, 0.05) is 37.5 Å². The number of carbonyl (C=O) groups excluding carboxylic acids is 2. The third kappa shape index (κ3) is 8.70. The topological polar surface area (TPSA) is 143 Å². The van der Waals surface area contributed by atoms with E-state index in [1.807, 2.05) is 27.7 Å². The minimum absolute atomic E-state index is 0.0563. The first-order valence-electron chi connectivity index (χ1n) is 18.6. The Hall–Kier alpha value is -3.45. The van der Waals surface area contributed by atoms with Crippen molar-refractivity contribution in [2.24, 2.45) is 23.5 Å². The average Bonchev–Trinajstić information content (AvgIpc) is 3.63. The van der Waals surface area contributed by atoms with Crippen molar-refractivity contribution < 1.29 is 18.7 Å². The number of hydrogen-bond donors (Lipinski definition) is 2. The molecule has 0 aliphatic heterocycles. The van der Waals surface area contributed by atoms with E-state index in [1.165, 1.54) is 17.5 Å². The van der Waals surface area contributed by atoms with Crippen molar-refractivity contribution in [3.8, 4) is 11.1 Å². The molecule has 13 heteroatoms. The third-order valence-corrected chi connectivity index (χ3v) is 12.5. The third-order valence-electron chi connectivity index (χ3n) is 10.8. The zero-order valence-corrected chi connectivity index (χ0v) is 32.1. The van der Waals surface area contributed by atoms with Crippen molar-refractivity contribution in [1.29, 1.82) is 0 Å². The van der Waals surface area contributed by atoms with Crippen LogP contribution in [0.3, 0.4) is 0 Å². The summed E-state index contributed by atoms with van der Waals surface area (Å²) in [7, 11) is -1.23. The molecule has 2 saturated carbocycles. The fourth-order valence-electron chi connectivity index (χ4n) is 8.20. The number of ether oxygens (including phenoxy) is 1. The van der Waals surface area contributed by atoms with Crippen LogP contribution >= 0.6 is 0 Å². The monoisotopic (exact) mass is 708 g/mol. The summed E-state index contributed by atoms with van der Waals surface area (Å²) < 4.78 is 25.1. The van der Waals surface area contributed by atoms with Crippen LogP contribution in [0.1, 0.15) is 118 Å². The Balaban J connectivity index is 1.47. The summed E-state index contributed by atoms with van der Waals surface area (Å²) in [6, 6.07) is 4.14. The van der Waals surface area contributed by atoms with E-state index in [9.17, 15) is 9.59 Å². The zero-order valence-electron chi connectivity index (χ0n) is 31.1. The smallest absolute Gasteiger partial charge is 0.268 e. The SMILES string of the molecule is Cc1nn(COCC[Si](C)(C)C)c(C)c1-c1ccc(NC(=O)C(c2nnn(C(C)C)c2C(N)=O)C(C2CCCCC2)C2CCCCC2)nc1F. The molecule has 2 aliphatic carbocycles. The summed E-state index contributed by atoms with van der Waals surface area (Å²) in [6.07, 6.45) is 10.9. The molecule has 2 fully saturated rings. The van der Waals surface area contributed by atoms with Crippen LogP contribution in [0, 0.1) is 37.5 Å². The molecule has 274 valence electrons. The molecular formula is C37H57FN8O3Si. The Kier molecular flexibility index (Phi) is 12.3. The molecule has 5 rings (SSSR count). The fourth-order valence-corrected chi connectivity index (χ4v) is 8.96. The number of hydrogen-bond acceptors (Lipinski definition) is 7.